The molecule has 0 radical (unpaired) electrons. The third-order valence-corrected chi connectivity index (χ3v) is 12.2. The first-order chi connectivity index (χ1) is 30.4. The molecule has 0 aliphatic carbocycles. The van der Waals surface area contributed by atoms with Crippen LogP contribution in [0, 0.1) is 0 Å². The lowest BCUT2D eigenvalue weighted by Gasteiger charge is -2.38. The van der Waals surface area contributed by atoms with Crippen molar-refractivity contribution in [2.45, 2.75) is 12.5 Å². The van der Waals surface area contributed by atoms with Crippen LogP contribution in [0.1, 0.15) is 23.9 Å². The van der Waals surface area contributed by atoms with Gasteiger partial charge in [-0.25, -0.2) is 15.0 Å². The maximum Gasteiger partial charge on any atom is 0.164 e. The van der Waals surface area contributed by atoms with Crippen molar-refractivity contribution >= 4 is 54.7 Å². The van der Waals surface area contributed by atoms with E-state index in [1.165, 1.54) is 21.5 Å². The summed E-state index contributed by atoms with van der Waals surface area (Å²) in [5.74, 6) is 2.66. The van der Waals surface area contributed by atoms with E-state index < -0.39 is 5.54 Å². The fraction of sp³-hybridized carbons (Fsp3) is 0.0351. The van der Waals surface area contributed by atoms with E-state index in [1.807, 2.05) is 54.6 Å². The molecular formula is C57H40N4O. The fourth-order valence-corrected chi connectivity index (χ4v) is 9.23. The van der Waals surface area contributed by atoms with E-state index in [1.54, 1.807) is 0 Å². The van der Waals surface area contributed by atoms with E-state index in [0.717, 1.165) is 60.8 Å². The zero-order chi connectivity index (χ0) is 41.8. The third kappa shape index (κ3) is 6.13. The summed E-state index contributed by atoms with van der Waals surface area (Å²) in [7, 11) is 0. The predicted molar refractivity (Wildman–Crippen MR) is 256 cm³/mol. The Balaban J connectivity index is 1.26. The Bertz CT molecular complexity index is 3470. The second-order valence-electron chi connectivity index (χ2n) is 15.9. The molecule has 1 atom stereocenters. The summed E-state index contributed by atoms with van der Waals surface area (Å²) in [5.41, 5.74) is 7.86. The van der Waals surface area contributed by atoms with Crippen molar-refractivity contribution in [3.8, 4) is 33.9 Å². The van der Waals surface area contributed by atoms with Gasteiger partial charge in [0.1, 0.15) is 11.5 Å². The van der Waals surface area contributed by atoms with Crippen molar-refractivity contribution in [3.63, 3.8) is 0 Å². The average Bonchev–Trinajstić information content (AvgIpc) is 3.66. The van der Waals surface area contributed by atoms with Gasteiger partial charge in [0.15, 0.2) is 17.5 Å². The highest BCUT2D eigenvalue weighted by molar-refractivity contribution is 6.23. The number of aromatic nitrogens is 4. The molecule has 10 aromatic rings. The summed E-state index contributed by atoms with van der Waals surface area (Å²) in [6.45, 7) is 11.0. The van der Waals surface area contributed by atoms with E-state index in [0.29, 0.717) is 29.0 Å². The SMILES string of the molecule is C=C1/C=C\C=C(\c2nc(-c3ccccc3)nc(-c3ccc(-c4ccccc4)cc3)n2)C(C)(n2c3cc4ccccc4cc3c3c4ccccc4ccc32)c2ccccc2C(=C)O1. The highest BCUT2D eigenvalue weighted by Gasteiger charge is 2.41. The first-order valence-electron chi connectivity index (χ1n) is 20.8. The van der Waals surface area contributed by atoms with Crippen molar-refractivity contribution < 1.29 is 4.74 Å². The summed E-state index contributed by atoms with van der Waals surface area (Å²) < 4.78 is 8.82. The van der Waals surface area contributed by atoms with E-state index in [9.17, 15) is 0 Å². The van der Waals surface area contributed by atoms with E-state index in [-0.39, 0.29) is 0 Å². The van der Waals surface area contributed by atoms with Crippen LogP contribution in [0.2, 0.25) is 0 Å². The minimum Gasteiger partial charge on any atom is -0.458 e. The Morgan fingerprint density at radius 1 is 0.500 bits per heavy atom. The predicted octanol–water partition coefficient (Wildman–Crippen LogP) is 14.2. The number of hydrogen-bond acceptors (Lipinski definition) is 4. The van der Waals surface area contributed by atoms with Gasteiger partial charge < -0.3 is 9.30 Å². The van der Waals surface area contributed by atoms with E-state index in [4.69, 9.17) is 19.7 Å². The Hall–Kier alpha value is -8.15. The molecule has 1 aliphatic heterocycles. The van der Waals surface area contributed by atoms with Crippen LogP contribution in [-0.2, 0) is 10.3 Å². The molecule has 3 heterocycles. The monoisotopic (exact) mass is 796 g/mol. The van der Waals surface area contributed by atoms with Gasteiger partial charge in [-0.2, -0.15) is 0 Å². The number of nitrogens with zero attached hydrogens (tertiary/aromatic N) is 4. The molecule has 5 nitrogen and oxygen atoms in total. The molecule has 2 aromatic heterocycles. The molecule has 11 rings (SSSR count). The minimum absolute atomic E-state index is 0.471. The summed E-state index contributed by atoms with van der Waals surface area (Å²) >= 11 is 0. The average molecular weight is 797 g/mol. The number of allylic oxidation sites excluding steroid dienone is 4. The topological polar surface area (TPSA) is 52.8 Å². The lowest BCUT2D eigenvalue weighted by atomic mass is 9.79. The van der Waals surface area contributed by atoms with Crippen LogP contribution in [0.4, 0.5) is 0 Å². The van der Waals surface area contributed by atoms with E-state index in [2.05, 4.69) is 170 Å². The van der Waals surface area contributed by atoms with Gasteiger partial charge in [0.05, 0.1) is 16.6 Å². The van der Waals surface area contributed by atoms with Crippen LogP contribution in [0.25, 0.3) is 88.6 Å². The summed E-state index contributed by atoms with van der Waals surface area (Å²) in [5, 5.41) is 7.02. The molecule has 1 unspecified atom stereocenters. The zero-order valence-electron chi connectivity index (χ0n) is 34.2. The maximum absolute atomic E-state index is 6.34. The number of ether oxygens (including phenoxy) is 1. The van der Waals surface area contributed by atoms with Gasteiger partial charge in [0.25, 0.3) is 0 Å². The molecule has 294 valence electrons. The number of benzene rings is 8. The van der Waals surface area contributed by atoms with Crippen molar-refractivity contribution in [1.82, 2.24) is 19.5 Å². The molecule has 8 aromatic carbocycles. The largest absolute Gasteiger partial charge is 0.458 e. The molecule has 0 amide bonds. The van der Waals surface area contributed by atoms with Crippen LogP contribution in [0.5, 0.6) is 0 Å². The summed E-state index contributed by atoms with van der Waals surface area (Å²) in [6, 6.07) is 63.8. The van der Waals surface area contributed by atoms with Crippen molar-refractivity contribution in [2.75, 3.05) is 0 Å². The van der Waals surface area contributed by atoms with E-state index >= 15 is 0 Å². The van der Waals surface area contributed by atoms with Gasteiger partial charge in [-0.1, -0.05) is 189 Å². The van der Waals surface area contributed by atoms with Crippen LogP contribution in [0.15, 0.2) is 219 Å². The van der Waals surface area contributed by atoms with Gasteiger partial charge in [-0.3, -0.25) is 0 Å². The number of fused-ring (bicyclic) bond motifs is 7. The lowest BCUT2D eigenvalue weighted by Crippen LogP contribution is -2.35. The number of rotatable bonds is 5. The Morgan fingerprint density at radius 2 is 1.06 bits per heavy atom. The quantitative estimate of drug-likeness (QED) is 0.174. The fourth-order valence-electron chi connectivity index (χ4n) is 9.23. The van der Waals surface area contributed by atoms with Crippen LogP contribution < -0.4 is 0 Å². The minimum atomic E-state index is -0.986. The summed E-state index contributed by atoms with van der Waals surface area (Å²) in [4.78, 5) is 16.0. The van der Waals surface area contributed by atoms with Gasteiger partial charge in [0.2, 0.25) is 0 Å². The zero-order valence-corrected chi connectivity index (χ0v) is 34.2. The Morgan fingerprint density at radius 3 is 1.81 bits per heavy atom. The molecule has 5 heteroatoms. The van der Waals surface area contributed by atoms with Crippen molar-refractivity contribution in [1.29, 1.82) is 0 Å². The maximum atomic E-state index is 6.34. The molecule has 0 fully saturated rings. The highest BCUT2D eigenvalue weighted by Crippen LogP contribution is 2.49. The Labute approximate surface area is 360 Å². The van der Waals surface area contributed by atoms with Crippen LogP contribution in [0.3, 0.4) is 0 Å². The molecule has 62 heavy (non-hydrogen) atoms. The van der Waals surface area contributed by atoms with Crippen LogP contribution >= 0.6 is 0 Å². The molecule has 0 saturated heterocycles. The summed E-state index contributed by atoms with van der Waals surface area (Å²) in [6.07, 6.45) is 5.97. The normalized spacial score (nSPS) is 16.8. The second kappa shape index (κ2) is 14.8. The van der Waals surface area contributed by atoms with Gasteiger partial charge in [-0.15, -0.1) is 0 Å². The lowest BCUT2D eigenvalue weighted by molar-refractivity contribution is 0.401. The van der Waals surface area contributed by atoms with Crippen LogP contribution in [-0.4, -0.2) is 19.5 Å². The molecule has 0 N–H and O–H groups in total. The van der Waals surface area contributed by atoms with Gasteiger partial charge >= 0.3 is 0 Å². The molecule has 0 saturated carbocycles. The third-order valence-electron chi connectivity index (χ3n) is 12.2. The molecule has 0 spiro atoms. The standard InChI is InChI=1S/C57H40N4O/c1-37-17-16-28-50(56-59-54(42-21-8-5-9-22-42)58-55(60-56)43-31-29-40(30-32-43)39-18-6-4-7-19-39)57(3,49-27-15-14-25-46(49)38(2)62-37)61-51-34-33-41-20-12-13-26-47(41)53(51)48-35-44-23-10-11-24-45(44)36-52(48)61/h4-36H,1-2H2,3H3/b17-16-,50-28-. The second-order valence-corrected chi connectivity index (χ2v) is 15.9. The molecule has 0 bridgehead atoms. The van der Waals surface area contributed by atoms with Crippen molar-refractivity contribution in [3.05, 3.63) is 236 Å². The first-order valence-corrected chi connectivity index (χ1v) is 20.8. The number of hydrogen-bond donors (Lipinski definition) is 0. The van der Waals surface area contributed by atoms with Gasteiger partial charge in [0, 0.05) is 33.0 Å². The Kier molecular flexibility index (Phi) is 8.83. The van der Waals surface area contributed by atoms with Gasteiger partial charge in [-0.05, 0) is 69.4 Å². The first kappa shape index (κ1) is 36.9. The van der Waals surface area contributed by atoms with Crippen molar-refractivity contribution in [2.24, 2.45) is 0 Å². The smallest absolute Gasteiger partial charge is 0.164 e. The molecule has 1 aliphatic rings. The molecular weight excluding hydrogens is 757 g/mol. The highest BCUT2D eigenvalue weighted by atomic mass is 16.5.